The fourth-order valence-electron chi connectivity index (χ4n) is 1.53. The molecule has 0 aliphatic heterocycles. The highest BCUT2D eigenvalue weighted by molar-refractivity contribution is 5.89. The quantitative estimate of drug-likeness (QED) is 0.621. The first-order valence-electron chi connectivity index (χ1n) is 6.50. The maximum atomic E-state index is 5.64. The summed E-state index contributed by atoms with van der Waals surface area (Å²) in [5, 5.41) is 1.92. The van der Waals surface area contributed by atoms with Crippen molar-refractivity contribution in [3.05, 3.63) is 59.8 Å². The third kappa shape index (κ3) is 4.69. The van der Waals surface area contributed by atoms with Gasteiger partial charge >= 0.3 is 0 Å². The van der Waals surface area contributed by atoms with Gasteiger partial charge in [-0.3, -0.25) is 0 Å². The van der Waals surface area contributed by atoms with E-state index >= 15 is 0 Å². The summed E-state index contributed by atoms with van der Waals surface area (Å²) in [6.45, 7) is 9.41. The zero-order valence-corrected chi connectivity index (χ0v) is 12.2. The number of pyridine rings is 1. The minimum atomic E-state index is 0.459. The van der Waals surface area contributed by atoms with E-state index in [1.807, 2.05) is 63.3 Å². The Morgan fingerprint density at radius 3 is 2.65 bits per heavy atom. The lowest BCUT2D eigenvalue weighted by Crippen LogP contribution is -2.28. The summed E-state index contributed by atoms with van der Waals surface area (Å²) < 4.78 is 5.64. The number of nitrogens with zero attached hydrogens (tertiary/aromatic N) is 2. The first-order chi connectivity index (χ1) is 9.74. The Balaban J connectivity index is 3.22. The first kappa shape index (κ1) is 15.6. The van der Waals surface area contributed by atoms with Crippen molar-refractivity contribution in [3.63, 3.8) is 0 Å². The second kappa shape index (κ2) is 8.64. The predicted octanol–water partition coefficient (Wildman–Crippen LogP) is 2.74. The van der Waals surface area contributed by atoms with Crippen LogP contribution in [-0.4, -0.2) is 10.9 Å². The number of allylic oxidation sites excluding steroid dienone is 3. The molecule has 1 aromatic rings. The molecular weight excluding hydrogens is 248 g/mol. The van der Waals surface area contributed by atoms with Crippen molar-refractivity contribution in [1.82, 2.24) is 4.98 Å². The second-order valence-corrected chi connectivity index (χ2v) is 3.86. The van der Waals surface area contributed by atoms with Crippen LogP contribution in [0.4, 0.5) is 0 Å². The molecule has 0 amide bonds. The molecule has 0 atom stereocenters. The third-order valence-corrected chi connectivity index (χ3v) is 2.43. The van der Waals surface area contributed by atoms with E-state index in [9.17, 15) is 0 Å². The maximum Gasteiger partial charge on any atom is 0.221 e. The smallest absolute Gasteiger partial charge is 0.221 e. The van der Waals surface area contributed by atoms with E-state index in [-0.39, 0.29) is 0 Å². The molecule has 0 fully saturated rings. The molecular formula is C17H20N2O. The van der Waals surface area contributed by atoms with Gasteiger partial charge in [0.2, 0.25) is 11.8 Å². The van der Waals surface area contributed by atoms with E-state index in [1.54, 1.807) is 6.08 Å². The highest BCUT2D eigenvalue weighted by atomic mass is 16.5. The van der Waals surface area contributed by atoms with Crippen LogP contribution in [0.5, 0.6) is 5.88 Å². The molecule has 0 spiro atoms. The van der Waals surface area contributed by atoms with E-state index in [1.165, 1.54) is 6.20 Å². The van der Waals surface area contributed by atoms with Crippen LogP contribution >= 0.6 is 0 Å². The number of aliphatic imine (C=N–C) groups is 1. The van der Waals surface area contributed by atoms with Gasteiger partial charge in [-0.1, -0.05) is 30.9 Å². The van der Waals surface area contributed by atoms with Crippen molar-refractivity contribution in [3.8, 4) is 5.88 Å². The van der Waals surface area contributed by atoms with Crippen LogP contribution in [0.3, 0.4) is 0 Å². The van der Waals surface area contributed by atoms with Gasteiger partial charge in [0.15, 0.2) is 0 Å². The molecule has 0 unspecified atom stereocenters. The summed E-state index contributed by atoms with van der Waals surface area (Å²) in [5.41, 5.74) is 0. The van der Waals surface area contributed by atoms with Crippen molar-refractivity contribution in [2.45, 2.75) is 20.8 Å². The molecule has 0 N–H and O–H groups in total. The van der Waals surface area contributed by atoms with Crippen molar-refractivity contribution in [1.29, 1.82) is 0 Å². The van der Waals surface area contributed by atoms with E-state index in [0.717, 1.165) is 10.6 Å². The van der Waals surface area contributed by atoms with Gasteiger partial charge in [0.1, 0.15) is 0 Å². The van der Waals surface area contributed by atoms with E-state index in [2.05, 4.69) is 16.6 Å². The fraction of sp³-hybridized carbons (Fsp3) is 0.176. The Hall–Kier alpha value is -2.42. The Labute approximate surface area is 120 Å². The molecule has 0 saturated carbocycles. The van der Waals surface area contributed by atoms with E-state index < -0.39 is 0 Å². The first-order valence-corrected chi connectivity index (χ1v) is 6.50. The van der Waals surface area contributed by atoms with Gasteiger partial charge < -0.3 is 4.74 Å². The molecule has 1 aromatic heterocycles. The molecule has 1 rings (SSSR count). The molecule has 0 radical (unpaired) electrons. The Kier molecular flexibility index (Phi) is 6.76. The average molecular weight is 268 g/mol. The van der Waals surface area contributed by atoms with Gasteiger partial charge in [-0.05, 0) is 44.2 Å². The lowest BCUT2D eigenvalue weighted by atomic mass is 10.3. The molecule has 0 aliphatic rings. The molecule has 20 heavy (non-hydrogen) atoms. The monoisotopic (exact) mass is 268 g/mol. The summed E-state index contributed by atoms with van der Waals surface area (Å²) in [7, 11) is 0. The molecule has 104 valence electrons. The van der Waals surface area contributed by atoms with Crippen molar-refractivity contribution in [2.75, 3.05) is 0 Å². The topological polar surface area (TPSA) is 34.5 Å². The molecule has 0 bridgehead atoms. The van der Waals surface area contributed by atoms with Gasteiger partial charge in [-0.2, -0.15) is 0 Å². The standard InChI is InChI=1S/C17H20N2O/c1-5-9-11-15-14(7-3)12-13-17(19-15)20-16(10-6-2)18-8-4/h5-13H,4H2,1-3H3/b9-5-,10-6-,14-7-,15-11+,18-16?. The predicted molar refractivity (Wildman–Crippen MR) is 86.0 cm³/mol. The average Bonchev–Trinajstić information content (AvgIpc) is 2.46. The molecule has 0 aliphatic carbocycles. The van der Waals surface area contributed by atoms with Crippen LogP contribution in [0.25, 0.3) is 12.2 Å². The lowest BCUT2D eigenvalue weighted by Gasteiger charge is -2.03. The highest BCUT2D eigenvalue weighted by Crippen LogP contribution is 2.02. The van der Waals surface area contributed by atoms with Crippen LogP contribution in [0.1, 0.15) is 20.8 Å². The van der Waals surface area contributed by atoms with Crippen molar-refractivity contribution in [2.24, 2.45) is 4.99 Å². The summed E-state index contributed by atoms with van der Waals surface area (Å²) in [4.78, 5) is 8.52. The summed E-state index contributed by atoms with van der Waals surface area (Å²) in [5.74, 6) is 0.963. The zero-order chi connectivity index (χ0) is 14.8. The van der Waals surface area contributed by atoms with Crippen molar-refractivity contribution < 1.29 is 4.74 Å². The van der Waals surface area contributed by atoms with Crippen LogP contribution in [0.2, 0.25) is 0 Å². The number of hydrogen-bond acceptors (Lipinski definition) is 3. The minimum Gasteiger partial charge on any atom is -0.421 e. The molecule has 0 saturated heterocycles. The Bertz CT molecular complexity index is 652. The van der Waals surface area contributed by atoms with Crippen LogP contribution in [0, 0.1) is 0 Å². The SMILES string of the molecule is C=CN=C(/C=C\C)Oc1ccc(=C/C)/c(=C\C=C/C)n1. The number of rotatable bonds is 4. The summed E-state index contributed by atoms with van der Waals surface area (Å²) in [6, 6.07) is 3.79. The molecule has 0 aromatic carbocycles. The summed E-state index contributed by atoms with van der Waals surface area (Å²) >= 11 is 0. The lowest BCUT2D eigenvalue weighted by molar-refractivity contribution is 0.529. The number of hydrogen-bond donors (Lipinski definition) is 0. The molecule has 3 heteroatoms. The molecule has 1 heterocycles. The number of ether oxygens (including phenoxy) is 1. The zero-order valence-electron chi connectivity index (χ0n) is 12.2. The van der Waals surface area contributed by atoms with Crippen LogP contribution < -0.4 is 15.3 Å². The molecule has 3 nitrogen and oxygen atoms in total. The highest BCUT2D eigenvalue weighted by Gasteiger charge is 1.99. The third-order valence-electron chi connectivity index (χ3n) is 2.43. The second-order valence-electron chi connectivity index (χ2n) is 3.86. The maximum absolute atomic E-state index is 5.64. The van der Waals surface area contributed by atoms with Gasteiger partial charge in [0.25, 0.3) is 0 Å². The normalized spacial score (nSPS) is 14.4. The van der Waals surface area contributed by atoms with Crippen molar-refractivity contribution >= 4 is 18.0 Å². The van der Waals surface area contributed by atoms with Gasteiger partial charge in [-0.25, -0.2) is 9.98 Å². The van der Waals surface area contributed by atoms with Crippen LogP contribution in [0.15, 0.2) is 54.2 Å². The largest absolute Gasteiger partial charge is 0.421 e. The van der Waals surface area contributed by atoms with Crippen LogP contribution in [-0.2, 0) is 0 Å². The van der Waals surface area contributed by atoms with Gasteiger partial charge in [0.05, 0.1) is 5.35 Å². The Morgan fingerprint density at radius 1 is 1.25 bits per heavy atom. The number of aromatic nitrogens is 1. The fourth-order valence-corrected chi connectivity index (χ4v) is 1.53. The van der Waals surface area contributed by atoms with Gasteiger partial charge in [-0.15, -0.1) is 0 Å². The summed E-state index contributed by atoms with van der Waals surface area (Å²) in [6.07, 6.45) is 12.9. The van der Waals surface area contributed by atoms with E-state index in [0.29, 0.717) is 11.8 Å². The minimum absolute atomic E-state index is 0.459. The Morgan fingerprint density at radius 2 is 2.05 bits per heavy atom. The van der Waals surface area contributed by atoms with E-state index in [4.69, 9.17) is 4.74 Å². The van der Waals surface area contributed by atoms with Gasteiger partial charge in [0, 0.05) is 12.3 Å².